The molecule has 1 rings (SSSR count). The van der Waals surface area contributed by atoms with Crippen LogP contribution in [0.2, 0.25) is 0 Å². The Morgan fingerprint density at radius 2 is 1.21 bits per heavy atom. The van der Waals surface area contributed by atoms with Gasteiger partial charge in [-0.3, -0.25) is 0 Å². The molecule has 0 bridgehead atoms. The van der Waals surface area contributed by atoms with Crippen molar-refractivity contribution < 1.29 is 0 Å². The molecule has 0 aliphatic heterocycles. The first-order chi connectivity index (χ1) is 6.37. The zero-order valence-electron chi connectivity index (χ0n) is 9.31. The van der Waals surface area contributed by atoms with Crippen LogP contribution < -0.4 is 17.2 Å². The van der Waals surface area contributed by atoms with Crippen LogP contribution >= 0.6 is 0 Å². The van der Waals surface area contributed by atoms with Crippen molar-refractivity contribution in [3.8, 4) is 0 Å². The minimum atomic E-state index is -0.493. The molecule has 3 nitrogen and oxygen atoms in total. The molecule has 0 fully saturated rings. The Balaban J connectivity index is 3.60. The average Bonchev–Trinajstić information content (AvgIpc) is 2.11. The van der Waals surface area contributed by atoms with Crippen molar-refractivity contribution in [2.24, 2.45) is 11.5 Å². The van der Waals surface area contributed by atoms with E-state index in [1.165, 1.54) is 11.1 Å². The summed E-state index contributed by atoms with van der Waals surface area (Å²) in [6, 6.07) is 0. The van der Waals surface area contributed by atoms with Gasteiger partial charge in [0.25, 0.3) is 0 Å². The second-order valence-electron chi connectivity index (χ2n) is 3.85. The third-order valence-corrected chi connectivity index (χ3v) is 3.12. The topological polar surface area (TPSA) is 78.1 Å². The zero-order valence-corrected chi connectivity index (χ0v) is 9.31. The van der Waals surface area contributed by atoms with Crippen molar-refractivity contribution in [1.29, 1.82) is 0 Å². The lowest BCUT2D eigenvalue weighted by Gasteiger charge is -2.20. The predicted octanol–water partition coefficient (Wildman–Crippen LogP) is 1.42. The Hall–Kier alpha value is -1.06. The molecule has 14 heavy (non-hydrogen) atoms. The van der Waals surface area contributed by atoms with Crippen LogP contribution in [-0.2, 0) is 0 Å². The number of nitrogen functional groups attached to an aromatic ring is 1. The summed E-state index contributed by atoms with van der Waals surface area (Å²) in [5.74, 6) is 0. The Morgan fingerprint density at radius 3 is 1.64 bits per heavy atom. The van der Waals surface area contributed by atoms with Gasteiger partial charge < -0.3 is 17.2 Å². The van der Waals surface area contributed by atoms with E-state index in [9.17, 15) is 0 Å². The molecule has 0 saturated heterocycles. The van der Waals surface area contributed by atoms with E-state index in [4.69, 9.17) is 17.2 Å². The van der Waals surface area contributed by atoms with Crippen LogP contribution in [0.4, 0.5) is 5.69 Å². The van der Waals surface area contributed by atoms with Gasteiger partial charge in [0.05, 0.1) is 6.17 Å². The second kappa shape index (κ2) is 3.59. The van der Waals surface area contributed by atoms with E-state index >= 15 is 0 Å². The summed E-state index contributed by atoms with van der Waals surface area (Å²) in [5.41, 5.74) is 23.7. The summed E-state index contributed by atoms with van der Waals surface area (Å²) in [7, 11) is 0. The molecule has 3 heteroatoms. The van der Waals surface area contributed by atoms with Crippen molar-refractivity contribution in [2.45, 2.75) is 33.9 Å². The van der Waals surface area contributed by atoms with Gasteiger partial charge in [-0.2, -0.15) is 0 Å². The standard InChI is InChI=1S/C11H19N3/c1-5-6(2)8(4)10(12)9(7(5)3)11(13)14/h11H,12-14H2,1-4H3. The maximum absolute atomic E-state index is 5.99. The van der Waals surface area contributed by atoms with E-state index in [2.05, 4.69) is 13.8 Å². The fourth-order valence-corrected chi connectivity index (χ4v) is 1.80. The Morgan fingerprint density at radius 1 is 0.786 bits per heavy atom. The number of hydrogen-bond acceptors (Lipinski definition) is 3. The molecule has 0 aliphatic rings. The van der Waals surface area contributed by atoms with E-state index < -0.39 is 6.17 Å². The van der Waals surface area contributed by atoms with E-state index in [1.54, 1.807) is 0 Å². The van der Waals surface area contributed by atoms with E-state index in [0.717, 1.165) is 22.4 Å². The minimum Gasteiger partial charge on any atom is -0.398 e. The maximum Gasteiger partial charge on any atom is 0.0807 e. The predicted molar refractivity (Wildman–Crippen MR) is 60.9 cm³/mol. The SMILES string of the molecule is Cc1c(C)c(C)c(C(N)N)c(N)c1C. The highest BCUT2D eigenvalue weighted by molar-refractivity contribution is 5.63. The molecule has 0 heterocycles. The van der Waals surface area contributed by atoms with Crippen molar-refractivity contribution in [3.63, 3.8) is 0 Å². The van der Waals surface area contributed by atoms with Gasteiger partial charge in [-0.25, -0.2) is 0 Å². The van der Waals surface area contributed by atoms with Gasteiger partial charge in [0.2, 0.25) is 0 Å². The third-order valence-electron chi connectivity index (χ3n) is 3.12. The fraction of sp³-hybridized carbons (Fsp3) is 0.455. The summed E-state index contributed by atoms with van der Waals surface area (Å²) in [5, 5.41) is 0. The van der Waals surface area contributed by atoms with Gasteiger partial charge in [0, 0.05) is 11.3 Å². The molecule has 0 aromatic heterocycles. The molecule has 0 radical (unpaired) electrons. The van der Waals surface area contributed by atoms with Crippen molar-refractivity contribution in [1.82, 2.24) is 0 Å². The summed E-state index contributed by atoms with van der Waals surface area (Å²) < 4.78 is 0. The van der Waals surface area contributed by atoms with Gasteiger partial charge in [0.15, 0.2) is 0 Å². The molecule has 0 atom stereocenters. The molecular formula is C11H19N3. The number of rotatable bonds is 1. The van der Waals surface area contributed by atoms with Crippen LogP contribution in [-0.4, -0.2) is 0 Å². The number of anilines is 1. The summed E-state index contributed by atoms with van der Waals surface area (Å²) in [4.78, 5) is 0. The van der Waals surface area contributed by atoms with Gasteiger partial charge >= 0.3 is 0 Å². The highest BCUT2D eigenvalue weighted by Gasteiger charge is 2.15. The molecule has 0 spiro atoms. The fourth-order valence-electron chi connectivity index (χ4n) is 1.80. The van der Waals surface area contributed by atoms with Gasteiger partial charge in [-0.1, -0.05) is 0 Å². The lowest BCUT2D eigenvalue weighted by atomic mass is 9.91. The molecule has 0 amide bonds. The van der Waals surface area contributed by atoms with Crippen LogP contribution in [0.1, 0.15) is 34.0 Å². The quantitative estimate of drug-likeness (QED) is 0.466. The summed E-state index contributed by atoms with van der Waals surface area (Å²) in [6.45, 7) is 8.16. The number of nitrogens with two attached hydrogens (primary N) is 3. The molecule has 78 valence electrons. The van der Waals surface area contributed by atoms with Crippen LogP contribution in [0, 0.1) is 27.7 Å². The van der Waals surface area contributed by atoms with E-state index in [0.29, 0.717) is 0 Å². The highest BCUT2D eigenvalue weighted by atomic mass is 14.9. The van der Waals surface area contributed by atoms with E-state index in [1.807, 2.05) is 13.8 Å². The number of benzene rings is 1. The van der Waals surface area contributed by atoms with E-state index in [-0.39, 0.29) is 0 Å². The van der Waals surface area contributed by atoms with Crippen molar-refractivity contribution in [3.05, 3.63) is 27.8 Å². The number of hydrogen-bond donors (Lipinski definition) is 3. The highest BCUT2D eigenvalue weighted by Crippen LogP contribution is 2.30. The van der Waals surface area contributed by atoms with Crippen LogP contribution in [0.25, 0.3) is 0 Å². The van der Waals surface area contributed by atoms with Crippen molar-refractivity contribution in [2.75, 3.05) is 5.73 Å². The molecule has 0 unspecified atom stereocenters. The van der Waals surface area contributed by atoms with Crippen LogP contribution in [0.3, 0.4) is 0 Å². The summed E-state index contributed by atoms with van der Waals surface area (Å²) >= 11 is 0. The van der Waals surface area contributed by atoms with Crippen LogP contribution in [0.5, 0.6) is 0 Å². The van der Waals surface area contributed by atoms with Crippen molar-refractivity contribution >= 4 is 5.69 Å². The minimum absolute atomic E-state index is 0.493. The molecular weight excluding hydrogens is 174 g/mol. The first-order valence-corrected chi connectivity index (χ1v) is 4.74. The second-order valence-corrected chi connectivity index (χ2v) is 3.85. The largest absolute Gasteiger partial charge is 0.398 e. The zero-order chi connectivity index (χ0) is 11.0. The average molecular weight is 193 g/mol. The summed E-state index contributed by atoms with van der Waals surface area (Å²) in [6.07, 6.45) is -0.493. The van der Waals surface area contributed by atoms with Gasteiger partial charge in [-0.05, 0) is 49.9 Å². The third kappa shape index (κ3) is 1.49. The molecule has 0 aliphatic carbocycles. The van der Waals surface area contributed by atoms with Gasteiger partial charge in [-0.15, -0.1) is 0 Å². The molecule has 0 saturated carbocycles. The molecule has 1 aromatic carbocycles. The monoisotopic (exact) mass is 193 g/mol. The molecule has 6 N–H and O–H groups in total. The smallest absolute Gasteiger partial charge is 0.0807 e. The Kier molecular flexibility index (Phi) is 2.83. The lowest BCUT2D eigenvalue weighted by molar-refractivity contribution is 0.766. The Labute approximate surface area is 85.3 Å². The lowest BCUT2D eigenvalue weighted by Crippen LogP contribution is -2.24. The molecule has 1 aromatic rings. The maximum atomic E-state index is 5.99. The normalized spacial score (nSPS) is 11.1. The first-order valence-electron chi connectivity index (χ1n) is 4.74. The van der Waals surface area contributed by atoms with Gasteiger partial charge in [0.1, 0.15) is 0 Å². The first kappa shape index (κ1) is 11.0. The Bertz CT molecular complexity index is 338. The van der Waals surface area contributed by atoms with Crippen LogP contribution in [0.15, 0.2) is 0 Å².